The molecule has 1 saturated carbocycles. The molecule has 6 heteroatoms. The van der Waals surface area contributed by atoms with E-state index in [9.17, 15) is 8.42 Å². The van der Waals surface area contributed by atoms with Gasteiger partial charge in [0.1, 0.15) is 6.54 Å². The number of nitrogens with zero attached hydrogens (tertiary/aromatic N) is 3. The van der Waals surface area contributed by atoms with E-state index in [1.165, 1.54) is 8.61 Å². The summed E-state index contributed by atoms with van der Waals surface area (Å²) in [6, 6.07) is 1.87. The second kappa shape index (κ2) is 5.80. The summed E-state index contributed by atoms with van der Waals surface area (Å²) in [5.74, 6) is 0. The largest absolute Gasteiger partial charge is 0.283 e. The molecule has 0 radical (unpaired) electrons. The van der Waals surface area contributed by atoms with Gasteiger partial charge in [-0.15, -0.1) is 0 Å². The number of nitriles is 1. The molecule has 0 N–H and O–H groups in total. The summed E-state index contributed by atoms with van der Waals surface area (Å²) in [5, 5.41) is 8.81. The number of rotatable bonds is 5. The molecule has 0 aromatic heterocycles. The molecule has 5 nitrogen and oxygen atoms in total. The lowest BCUT2D eigenvalue weighted by Crippen LogP contribution is -2.48. The Morgan fingerprint density at radius 3 is 2.29 bits per heavy atom. The molecule has 0 amide bonds. The van der Waals surface area contributed by atoms with Crippen LogP contribution in [0.15, 0.2) is 0 Å². The van der Waals surface area contributed by atoms with Gasteiger partial charge in [0.25, 0.3) is 10.2 Å². The summed E-state index contributed by atoms with van der Waals surface area (Å²) in [5.41, 5.74) is 0. The third-order valence-electron chi connectivity index (χ3n) is 3.35. The molecule has 1 fully saturated rings. The third-order valence-corrected chi connectivity index (χ3v) is 5.52. The minimum atomic E-state index is -3.50. The highest BCUT2D eigenvalue weighted by atomic mass is 32.2. The molecule has 17 heavy (non-hydrogen) atoms. The van der Waals surface area contributed by atoms with Crippen molar-refractivity contribution in [3.8, 4) is 6.07 Å². The summed E-state index contributed by atoms with van der Waals surface area (Å²) < 4.78 is 27.4. The molecule has 1 rings (SSSR count). The van der Waals surface area contributed by atoms with E-state index in [-0.39, 0.29) is 18.6 Å². The monoisotopic (exact) mass is 259 g/mol. The lowest BCUT2D eigenvalue weighted by Gasteiger charge is -2.31. The first-order valence-corrected chi connectivity index (χ1v) is 7.42. The van der Waals surface area contributed by atoms with Crippen LogP contribution >= 0.6 is 0 Å². The normalized spacial score (nSPS) is 18.2. The minimum absolute atomic E-state index is 0.000787. The first-order chi connectivity index (χ1) is 7.91. The Morgan fingerprint density at radius 2 is 1.88 bits per heavy atom. The highest BCUT2D eigenvalue weighted by molar-refractivity contribution is 7.86. The first-order valence-electron chi connectivity index (χ1n) is 6.03. The van der Waals surface area contributed by atoms with Crippen LogP contribution in [0.25, 0.3) is 0 Å². The van der Waals surface area contributed by atoms with Crippen LogP contribution in [-0.4, -0.2) is 42.7 Å². The SMILES string of the molecule is CC(C)N(C)S(=O)(=O)N(CC#N)C1CCCC1. The van der Waals surface area contributed by atoms with Gasteiger partial charge in [0, 0.05) is 19.1 Å². The maximum atomic E-state index is 12.3. The van der Waals surface area contributed by atoms with E-state index in [2.05, 4.69) is 0 Å². The van der Waals surface area contributed by atoms with Crippen molar-refractivity contribution in [1.82, 2.24) is 8.61 Å². The summed E-state index contributed by atoms with van der Waals surface area (Å²) >= 11 is 0. The maximum absolute atomic E-state index is 12.3. The molecule has 0 spiro atoms. The summed E-state index contributed by atoms with van der Waals surface area (Å²) in [6.45, 7) is 3.61. The molecule has 0 aliphatic heterocycles. The predicted octanol–water partition coefficient (Wildman–Crippen LogP) is 1.34. The molecule has 0 bridgehead atoms. The highest BCUT2D eigenvalue weighted by Gasteiger charge is 2.35. The van der Waals surface area contributed by atoms with Crippen molar-refractivity contribution in [3.63, 3.8) is 0 Å². The summed E-state index contributed by atoms with van der Waals surface area (Å²) in [6.07, 6.45) is 3.83. The van der Waals surface area contributed by atoms with E-state index >= 15 is 0 Å². The van der Waals surface area contributed by atoms with Crippen molar-refractivity contribution in [2.75, 3.05) is 13.6 Å². The van der Waals surface area contributed by atoms with Gasteiger partial charge in [0.05, 0.1) is 6.07 Å². The zero-order valence-electron chi connectivity index (χ0n) is 10.8. The van der Waals surface area contributed by atoms with Gasteiger partial charge in [-0.2, -0.15) is 22.3 Å². The Balaban J connectivity index is 2.93. The van der Waals surface area contributed by atoms with E-state index < -0.39 is 10.2 Å². The van der Waals surface area contributed by atoms with Crippen molar-refractivity contribution in [2.45, 2.75) is 51.6 Å². The van der Waals surface area contributed by atoms with E-state index in [0.29, 0.717) is 0 Å². The van der Waals surface area contributed by atoms with Crippen molar-refractivity contribution in [1.29, 1.82) is 5.26 Å². The topological polar surface area (TPSA) is 64.4 Å². The van der Waals surface area contributed by atoms with Gasteiger partial charge in [0.15, 0.2) is 0 Å². The zero-order valence-corrected chi connectivity index (χ0v) is 11.6. The van der Waals surface area contributed by atoms with Gasteiger partial charge in [-0.1, -0.05) is 12.8 Å². The standard InChI is InChI=1S/C11H21N3O2S/c1-10(2)13(3)17(15,16)14(9-8-12)11-6-4-5-7-11/h10-11H,4-7,9H2,1-3H3. The number of hydrogen-bond acceptors (Lipinski definition) is 3. The van der Waals surface area contributed by atoms with Gasteiger partial charge in [0.2, 0.25) is 0 Å². The fraction of sp³-hybridized carbons (Fsp3) is 0.909. The predicted molar refractivity (Wildman–Crippen MR) is 66.4 cm³/mol. The molecular weight excluding hydrogens is 238 g/mol. The molecule has 0 atom stereocenters. The van der Waals surface area contributed by atoms with Crippen molar-refractivity contribution in [3.05, 3.63) is 0 Å². The van der Waals surface area contributed by atoms with Crippen LogP contribution in [0.5, 0.6) is 0 Å². The van der Waals surface area contributed by atoms with Crippen LogP contribution in [0.2, 0.25) is 0 Å². The fourth-order valence-corrected chi connectivity index (χ4v) is 3.76. The van der Waals surface area contributed by atoms with E-state index in [4.69, 9.17) is 5.26 Å². The molecular formula is C11H21N3O2S. The average molecular weight is 259 g/mol. The molecule has 1 aliphatic carbocycles. The summed E-state index contributed by atoms with van der Waals surface area (Å²) in [4.78, 5) is 0. The molecule has 0 heterocycles. The molecule has 98 valence electrons. The first kappa shape index (κ1) is 14.4. The number of hydrogen-bond donors (Lipinski definition) is 0. The van der Waals surface area contributed by atoms with Gasteiger partial charge in [-0.05, 0) is 26.7 Å². The molecule has 0 saturated heterocycles. The van der Waals surface area contributed by atoms with E-state index in [1.807, 2.05) is 19.9 Å². The Labute approximate surface area is 104 Å². The van der Waals surface area contributed by atoms with E-state index in [1.54, 1.807) is 7.05 Å². The van der Waals surface area contributed by atoms with Crippen LogP contribution in [0.4, 0.5) is 0 Å². The van der Waals surface area contributed by atoms with Crippen LogP contribution in [0, 0.1) is 11.3 Å². The fourth-order valence-electron chi connectivity index (χ4n) is 2.09. The van der Waals surface area contributed by atoms with Crippen molar-refractivity contribution >= 4 is 10.2 Å². The Morgan fingerprint density at radius 1 is 1.35 bits per heavy atom. The van der Waals surface area contributed by atoms with Crippen LogP contribution < -0.4 is 0 Å². The Hall–Kier alpha value is -0.640. The zero-order chi connectivity index (χ0) is 13.1. The van der Waals surface area contributed by atoms with Gasteiger partial charge in [-0.25, -0.2) is 0 Å². The second-order valence-electron chi connectivity index (χ2n) is 4.76. The Kier molecular flexibility index (Phi) is 4.92. The van der Waals surface area contributed by atoms with Gasteiger partial charge >= 0.3 is 0 Å². The smallest absolute Gasteiger partial charge is 0.197 e. The van der Waals surface area contributed by atoms with Crippen LogP contribution in [0.1, 0.15) is 39.5 Å². The molecule has 0 aromatic carbocycles. The maximum Gasteiger partial charge on any atom is 0.283 e. The second-order valence-corrected chi connectivity index (χ2v) is 6.70. The Bertz CT molecular complexity index is 380. The van der Waals surface area contributed by atoms with Crippen LogP contribution in [-0.2, 0) is 10.2 Å². The van der Waals surface area contributed by atoms with Crippen molar-refractivity contribution < 1.29 is 8.42 Å². The van der Waals surface area contributed by atoms with Crippen molar-refractivity contribution in [2.24, 2.45) is 0 Å². The highest BCUT2D eigenvalue weighted by Crippen LogP contribution is 2.26. The third kappa shape index (κ3) is 3.18. The minimum Gasteiger partial charge on any atom is -0.197 e. The van der Waals surface area contributed by atoms with Gasteiger partial charge in [-0.3, -0.25) is 0 Å². The lowest BCUT2D eigenvalue weighted by molar-refractivity contribution is 0.301. The lowest BCUT2D eigenvalue weighted by atomic mass is 10.2. The molecule has 1 aliphatic rings. The summed E-state index contributed by atoms with van der Waals surface area (Å²) in [7, 11) is -1.93. The molecule has 0 unspecified atom stereocenters. The molecule has 0 aromatic rings. The van der Waals surface area contributed by atoms with Crippen LogP contribution in [0.3, 0.4) is 0 Å². The average Bonchev–Trinajstić information content (AvgIpc) is 2.77. The van der Waals surface area contributed by atoms with Gasteiger partial charge < -0.3 is 0 Å². The quantitative estimate of drug-likeness (QED) is 0.700. The van der Waals surface area contributed by atoms with E-state index in [0.717, 1.165) is 25.7 Å².